The van der Waals surface area contributed by atoms with Gasteiger partial charge in [-0.1, -0.05) is 0 Å². The molecule has 0 aromatic carbocycles. The molecule has 0 saturated carbocycles. The summed E-state index contributed by atoms with van der Waals surface area (Å²) in [6.45, 7) is 5.40. The number of nitrogens with one attached hydrogen (secondary N) is 1. The van der Waals surface area contributed by atoms with Crippen LogP contribution in [0.15, 0.2) is 0 Å². The lowest BCUT2D eigenvalue weighted by Crippen LogP contribution is -2.28. The van der Waals surface area contributed by atoms with E-state index >= 15 is 0 Å². The van der Waals surface area contributed by atoms with Crippen LogP contribution >= 0.6 is 18.8 Å². The summed E-state index contributed by atoms with van der Waals surface area (Å²) in [4.78, 5) is 10.3. The fourth-order valence-corrected chi connectivity index (χ4v) is 5.47. The van der Waals surface area contributed by atoms with E-state index in [0.29, 0.717) is 13.2 Å². The van der Waals surface area contributed by atoms with E-state index in [2.05, 4.69) is 4.72 Å². The molecule has 108 valence electrons. The highest BCUT2D eigenvalue weighted by atomic mass is 32.5. The van der Waals surface area contributed by atoms with Crippen molar-refractivity contribution in [3.8, 4) is 0 Å². The molecule has 0 unspecified atom stereocenters. The van der Waals surface area contributed by atoms with E-state index in [0.717, 1.165) is 12.1 Å². The van der Waals surface area contributed by atoms with E-state index in [1.165, 1.54) is 0 Å². The molecule has 0 fully saturated rings. The topological polar surface area (TPSA) is 50.8 Å². The van der Waals surface area contributed by atoms with Gasteiger partial charge < -0.3 is 9.05 Å². The van der Waals surface area contributed by atoms with Crippen molar-refractivity contribution in [1.82, 2.24) is 8.80 Å². The quantitative estimate of drug-likeness (QED) is 0.377. The van der Waals surface area contributed by atoms with E-state index in [1.807, 2.05) is 27.7 Å². The van der Waals surface area contributed by atoms with Gasteiger partial charge in [-0.05, 0) is 39.5 Å². The van der Waals surface area contributed by atoms with Crippen molar-refractivity contribution in [2.24, 2.45) is 0 Å². The summed E-state index contributed by atoms with van der Waals surface area (Å²) in [6.07, 6.45) is 0. The standard InChI is InChI=1S/C9H20FN2O3PS2/c1-5-14-16(17,15-6-2)12(8(3)4)18-11-7-9(10)13/h8,11H,5-7H2,1-4H3. The highest BCUT2D eigenvalue weighted by Crippen LogP contribution is 2.56. The average Bonchev–Trinajstić information content (AvgIpc) is 2.23. The van der Waals surface area contributed by atoms with Crippen LogP contribution in [0.1, 0.15) is 27.7 Å². The minimum Gasteiger partial charge on any atom is -0.318 e. The van der Waals surface area contributed by atoms with Gasteiger partial charge in [-0.15, -0.1) is 0 Å². The zero-order chi connectivity index (χ0) is 14.2. The summed E-state index contributed by atoms with van der Waals surface area (Å²) in [7, 11) is 0. The average molecular weight is 318 g/mol. The molecule has 0 aromatic heterocycles. The van der Waals surface area contributed by atoms with Crippen molar-refractivity contribution in [3.63, 3.8) is 0 Å². The van der Waals surface area contributed by atoms with Crippen LogP contribution in [0.4, 0.5) is 4.39 Å². The van der Waals surface area contributed by atoms with Crippen LogP contribution in [0, 0.1) is 0 Å². The molecule has 0 spiro atoms. The van der Waals surface area contributed by atoms with Crippen LogP contribution in [-0.2, 0) is 25.6 Å². The summed E-state index contributed by atoms with van der Waals surface area (Å²) in [5, 5.41) is 0. The first kappa shape index (κ1) is 18.4. The predicted octanol–water partition coefficient (Wildman–Crippen LogP) is 2.64. The smallest absolute Gasteiger partial charge is 0.316 e. The molecule has 0 amide bonds. The Morgan fingerprint density at radius 2 is 1.94 bits per heavy atom. The van der Waals surface area contributed by atoms with Crippen molar-refractivity contribution >= 4 is 36.6 Å². The molecule has 0 aliphatic carbocycles. The van der Waals surface area contributed by atoms with Gasteiger partial charge in [-0.3, -0.25) is 4.79 Å². The maximum absolute atomic E-state index is 12.1. The van der Waals surface area contributed by atoms with Gasteiger partial charge in [0.2, 0.25) is 0 Å². The van der Waals surface area contributed by atoms with Crippen LogP contribution in [0.25, 0.3) is 0 Å². The van der Waals surface area contributed by atoms with Crippen molar-refractivity contribution in [2.45, 2.75) is 33.7 Å². The number of hydrogen-bond donors (Lipinski definition) is 1. The molecule has 0 aliphatic rings. The Labute approximate surface area is 117 Å². The Morgan fingerprint density at radius 1 is 1.44 bits per heavy atom. The van der Waals surface area contributed by atoms with Crippen molar-refractivity contribution in [2.75, 3.05) is 19.8 Å². The van der Waals surface area contributed by atoms with Gasteiger partial charge >= 0.3 is 6.04 Å². The lowest BCUT2D eigenvalue weighted by molar-refractivity contribution is -0.127. The van der Waals surface area contributed by atoms with Crippen molar-refractivity contribution < 1.29 is 18.2 Å². The minimum absolute atomic E-state index is 0.0288. The molecule has 0 atom stereocenters. The third-order valence-corrected chi connectivity index (χ3v) is 6.99. The highest BCUT2D eigenvalue weighted by molar-refractivity contribution is 8.15. The van der Waals surface area contributed by atoms with Gasteiger partial charge in [0.25, 0.3) is 6.64 Å². The fraction of sp³-hybridized carbons (Fsp3) is 0.889. The SMILES string of the molecule is CCOP(=S)(OCC)N(SNCC(=O)F)C(C)C. The zero-order valence-corrected chi connectivity index (χ0v) is 13.5. The first-order valence-corrected chi connectivity index (χ1v) is 9.00. The van der Waals surface area contributed by atoms with Crippen molar-refractivity contribution in [1.29, 1.82) is 0 Å². The third-order valence-electron chi connectivity index (χ3n) is 1.64. The zero-order valence-electron chi connectivity index (χ0n) is 11.0. The summed E-state index contributed by atoms with van der Waals surface area (Å²) in [5.74, 6) is 0. The van der Waals surface area contributed by atoms with Gasteiger partial charge in [0.05, 0.1) is 19.8 Å². The number of hydrogen-bond acceptors (Lipinski definition) is 6. The highest BCUT2D eigenvalue weighted by Gasteiger charge is 2.31. The lowest BCUT2D eigenvalue weighted by atomic mass is 10.4. The molecule has 0 saturated heterocycles. The van der Waals surface area contributed by atoms with Crippen LogP contribution in [0.3, 0.4) is 0 Å². The van der Waals surface area contributed by atoms with Crippen LogP contribution in [-0.4, -0.2) is 35.9 Å². The minimum atomic E-state index is -2.61. The molecule has 0 bridgehead atoms. The maximum Gasteiger partial charge on any atom is 0.316 e. The normalized spacial score (nSPS) is 12.4. The Hall–Kier alpha value is 0.440. The predicted molar refractivity (Wildman–Crippen MR) is 76.2 cm³/mol. The maximum atomic E-state index is 12.1. The molecular formula is C9H20FN2O3PS2. The Balaban J connectivity index is 4.70. The molecule has 5 nitrogen and oxygen atoms in total. The second-order valence-electron chi connectivity index (χ2n) is 3.47. The largest absolute Gasteiger partial charge is 0.318 e. The number of halogens is 1. The number of nitrogens with zero attached hydrogens (tertiary/aromatic N) is 1. The lowest BCUT2D eigenvalue weighted by Gasteiger charge is -2.34. The van der Waals surface area contributed by atoms with E-state index in [9.17, 15) is 9.18 Å². The van der Waals surface area contributed by atoms with Crippen LogP contribution in [0.5, 0.6) is 0 Å². The molecule has 0 radical (unpaired) electrons. The second kappa shape index (κ2) is 9.36. The van der Waals surface area contributed by atoms with Gasteiger partial charge in [-0.2, -0.15) is 8.47 Å². The van der Waals surface area contributed by atoms with Crippen molar-refractivity contribution in [3.05, 3.63) is 0 Å². The second-order valence-corrected chi connectivity index (χ2v) is 7.87. The van der Waals surface area contributed by atoms with Gasteiger partial charge in [0, 0.05) is 18.2 Å². The number of rotatable bonds is 10. The van der Waals surface area contributed by atoms with Gasteiger partial charge in [-0.25, -0.2) is 4.72 Å². The Bertz CT molecular complexity index is 298. The Kier molecular flexibility index (Phi) is 9.59. The third kappa shape index (κ3) is 6.56. The monoisotopic (exact) mass is 318 g/mol. The number of carbonyl (C=O) groups is 1. The summed E-state index contributed by atoms with van der Waals surface area (Å²) >= 11 is 6.49. The van der Waals surface area contributed by atoms with Gasteiger partial charge in [0.1, 0.15) is 0 Å². The fourth-order valence-electron chi connectivity index (χ4n) is 1.07. The Morgan fingerprint density at radius 3 is 2.28 bits per heavy atom. The molecular weight excluding hydrogens is 298 g/mol. The molecule has 18 heavy (non-hydrogen) atoms. The molecule has 0 heterocycles. The molecule has 0 aliphatic heterocycles. The van der Waals surface area contributed by atoms with E-state index in [4.69, 9.17) is 20.9 Å². The van der Waals surface area contributed by atoms with Gasteiger partial charge in [0.15, 0.2) is 0 Å². The number of carbonyl (C=O) groups excluding carboxylic acids is 1. The first-order valence-electron chi connectivity index (χ1n) is 5.64. The molecule has 0 aromatic rings. The van der Waals surface area contributed by atoms with Crippen LogP contribution in [0.2, 0.25) is 0 Å². The first-order chi connectivity index (χ1) is 8.37. The molecule has 1 N–H and O–H groups in total. The van der Waals surface area contributed by atoms with E-state index < -0.39 is 12.7 Å². The molecule has 0 rings (SSSR count). The molecule has 9 heteroatoms. The van der Waals surface area contributed by atoms with E-state index in [-0.39, 0.29) is 12.6 Å². The van der Waals surface area contributed by atoms with E-state index in [1.54, 1.807) is 4.08 Å². The summed E-state index contributed by atoms with van der Waals surface area (Å²) in [6, 6.07) is -1.39. The van der Waals surface area contributed by atoms with Crippen LogP contribution < -0.4 is 4.72 Å². The summed E-state index contributed by atoms with van der Waals surface area (Å²) < 4.78 is 27.6. The summed E-state index contributed by atoms with van der Waals surface area (Å²) in [5.41, 5.74) is 0.